The van der Waals surface area contributed by atoms with E-state index in [2.05, 4.69) is 15.4 Å². The zero-order chi connectivity index (χ0) is 16.8. The number of carbonyl (C=O) groups is 1. The molecule has 0 aliphatic rings. The van der Waals surface area contributed by atoms with Crippen LogP contribution >= 0.6 is 0 Å². The van der Waals surface area contributed by atoms with Crippen molar-refractivity contribution in [2.24, 2.45) is 0 Å². The highest BCUT2D eigenvalue weighted by atomic mass is 16.5. The number of methoxy groups -OCH3 is 2. The Bertz CT molecular complexity index is 669. The average molecular weight is 318 g/mol. The first kappa shape index (κ1) is 16.5. The van der Waals surface area contributed by atoms with E-state index in [9.17, 15) is 4.79 Å². The number of nitrogens with one attached hydrogen (secondary N) is 1. The summed E-state index contributed by atoms with van der Waals surface area (Å²) in [7, 11) is 6.39. The molecule has 0 saturated heterocycles. The summed E-state index contributed by atoms with van der Waals surface area (Å²) in [5.41, 5.74) is 3.01. The van der Waals surface area contributed by atoms with Gasteiger partial charge in [0.2, 0.25) is 11.8 Å². The molecule has 0 radical (unpaired) electrons. The topological polar surface area (TPSA) is 85.8 Å². The second-order valence-corrected chi connectivity index (χ2v) is 4.67. The molecule has 1 N–H and O–H groups in total. The van der Waals surface area contributed by atoms with Crippen LogP contribution in [0.5, 0.6) is 23.5 Å². The molecule has 0 spiro atoms. The van der Waals surface area contributed by atoms with Gasteiger partial charge in [-0.25, -0.2) is 5.01 Å². The molecule has 0 bridgehead atoms. The van der Waals surface area contributed by atoms with Crippen molar-refractivity contribution >= 4 is 5.91 Å². The summed E-state index contributed by atoms with van der Waals surface area (Å²) < 4.78 is 15.8. The number of carbonyl (C=O) groups excluding carboxylic acids is 1. The summed E-state index contributed by atoms with van der Waals surface area (Å²) in [5, 5.41) is 1.55. The third-order valence-electron chi connectivity index (χ3n) is 2.73. The quantitative estimate of drug-likeness (QED) is 0.808. The highest BCUT2D eigenvalue weighted by molar-refractivity contribution is 5.96. The van der Waals surface area contributed by atoms with E-state index >= 15 is 0 Å². The van der Waals surface area contributed by atoms with Gasteiger partial charge in [-0.05, 0) is 12.1 Å². The highest BCUT2D eigenvalue weighted by Gasteiger charge is 2.15. The van der Waals surface area contributed by atoms with Crippen LogP contribution in [-0.4, -0.2) is 49.2 Å². The third kappa shape index (κ3) is 4.30. The minimum Gasteiger partial charge on any atom is -0.481 e. The molecule has 2 rings (SSSR count). The second kappa shape index (κ2) is 7.41. The molecule has 2 aromatic rings. The fourth-order valence-corrected chi connectivity index (χ4v) is 1.74. The standard InChI is InChI=1S/C15H18N4O4/c1-19(2)18-14(20)10-7-5-6-8-11(10)23-15-16-12(21-3)9-13(17-15)22-4/h5-9H,1-4H3,(H,18,20). The fourth-order valence-electron chi connectivity index (χ4n) is 1.74. The predicted octanol–water partition coefficient (Wildman–Crippen LogP) is 1.49. The van der Waals surface area contributed by atoms with E-state index in [0.29, 0.717) is 23.1 Å². The first-order valence-electron chi connectivity index (χ1n) is 6.75. The van der Waals surface area contributed by atoms with Crippen LogP contribution in [0.2, 0.25) is 0 Å². The Balaban J connectivity index is 2.32. The summed E-state index contributed by atoms with van der Waals surface area (Å²) in [4.78, 5) is 20.3. The van der Waals surface area contributed by atoms with Gasteiger partial charge in [-0.3, -0.25) is 10.2 Å². The maximum atomic E-state index is 12.2. The lowest BCUT2D eigenvalue weighted by Gasteiger charge is -2.14. The largest absolute Gasteiger partial charge is 0.481 e. The summed E-state index contributed by atoms with van der Waals surface area (Å²) in [6.45, 7) is 0. The number of para-hydroxylation sites is 1. The number of aromatic nitrogens is 2. The zero-order valence-corrected chi connectivity index (χ0v) is 13.4. The van der Waals surface area contributed by atoms with Gasteiger partial charge in [0.1, 0.15) is 5.75 Å². The molecule has 0 atom stereocenters. The molecule has 0 aliphatic carbocycles. The Labute approximate surface area is 134 Å². The maximum absolute atomic E-state index is 12.2. The molecule has 1 amide bonds. The van der Waals surface area contributed by atoms with Gasteiger partial charge in [0.25, 0.3) is 5.91 Å². The van der Waals surface area contributed by atoms with Gasteiger partial charge in [-0.1, -0.05) is 12.1 Å². The molecule has 1 aromatic heterocycles. The lowest BCUT2D eigenvalue weighted by Crippen LogP contribution is -2.36. The Hall–Kier alpha value is -2.87. The summed E-state index contributed by atoms with van der Waals surface area (Å²) in [6.07, 6.45) is 0. The zero-order valence-electron chi connectivity index (χ0n) is 13.4. The van der Waals surface area contributed by atoms with Crippen molar-refractivity contribution in [2.45, 2.75) is 0 Å². The van der Waals surface area contributed by atoms with E-state index < -0.39 is 0 Å². The number of hydrazine groups is 1. The van der Waals surface area contributed by atoms with E-state index in [4.69, 9.17) is 14.2 Å². The molecular weight excluding hydrogens is 300 g/mol. The minimum absolute atomic E-state index is 0.0197. The van der Waals surface area contributed by atoms with Gasteiger partial charge in [0, 0.05) is 14.1 Å². The lowest BCUT2D eigenvalue weighted by molar-refractivity contribution is 0.0854. The predicted molar refractivity (Wildman–Crippen MR) is 82.8 cm³/mol. The van der Waals surface area contributed by atoms with Gasteiger partial charge in [0.05, 0.1) is 25.8 Å². The molecule has 0 unspecified atom stereocenters. The first-order chi connectivity index (χ1) is 11.0. The molecule has 0 aliphatic heterocycles. The molecule has 1 aromatic carbocycles. The normalized spacial score (nSPS) is 10.3. The van der Waals surface area contributed by atoms with Gasteiger partial charge >= 0.3 is 6.01 Å². The van der Waals surface area contributed by atoms with Crippen molar-refractivity contribution in [1.29, 1.82) is 0 Å². The molecule has 0 saturated carbocycles. The minimum atomic E-state index is -0.305. The van der Waals surface area contributed by atoms with Gasteiger partial charge in [-0.2, -0.15) is 9.97 Å². The van der Waals surface area contributed by atoms with E-state index in [1.165, 1.54) is 20.3 Å². The molecule has 23 heavy (non-hydrogen) atoms. The van der Waals surface area contributed by atoms with Gasteiger partial charge < -0.3 is 14.2 Å². The van der Waals surface area contributed by atoms with Crippen LogP contribution in [0.3, 0.4) is 0 Å². The van der Waals surface area contributed by atoms with Crippen molar-refractivity contribution in [2.75, 3.05) is 28.3 Å². The van der Waals surface area contributed by atoms with E-state index in [1.54, 1.807) is 43.4 Å². The van der Waals surface area contributed by atoms with Crippen molar-refractivity contribution in [3.05, 3.63) is 35.9 Å². The monoisotopic (exact) mass is 318 g/mol. The van der Waals surface area contributed by atoms with Crippen LogP contribution in [0.25, 0.3) is 0 Å². The summed E-state index contributed by atoms with van der Waals surface area (Å²) >= 11 is 0. The molecule has 122 valence electrons. The van der Waals surface area contributed by atoms with E-state index in [-0.39, 0.29) is 11.9 Å². The van der Waals surface area contributed by atoms with E-state index in [0.717, 1.165) is 0 Å². The van der Waals surface area contributed by atoms with Crippen LogP contribution < -0.4 is 19.6 Å². The van der Waals surface area contributed by atoms with E-state index in [1.807, 2.05) is 0 Å². The molecule has 1 heterocycles. The van der Waals surface area contributed by atoms with Crippen LogP contribution in [0.4, 0.5) is 0 Å². The average Bonchev–Trinajstić information content (AvgIpc) is 2.54. The Kier molecular flexibility index (Phi) is 5.32. The van der Waals surface area contributed by atoms with Crippen LogP contribution in [0, 0.1) is 0 Å². The molecule has 8 heteroatoms. The maximum Gasteiger partial charge on any atom is 0.328 e. The number of ether oxygens (including phenoxy) is 3. The van der Waals surface area contributed by atoms with Crippen LogP contribution in [0.1, 0.15) is 10.4 Å². The highest BCUT2D eigenvalue weighted by Crippen LogP contribution is 2.26. The van der Waals surface area contributed by atoms with Gasteiger partial charge in [0.15, 0.2) is 0 Å². The smallest absolute Gasteiger partial charge is 0.328 e. The Morgan fingerprint density at radius 2 is 1.70 bits per heavy atom. The Morgan fingerprint density at radius 1 is 1.09 bits per heavy atom. The van der Waals surface area contributed by atoms with Crippen molar-refractivity contribution in [1.82, 2.24) is 20.4 Å². The number of hydrogen-bond donors (Lipinski definition) is 1. The fraction of sp³-hybridized carbons (Fsp3) is 0.267. The van der Waals surface area contributed by atoms with Crippen LogP contribution in [-0.2, 0) is 0 Å². The number of benzene rings is 1. The third-order valence-corrected chi connectivity index (χ3v) is 2.73. The SMILES string of the molecule is COc1cc(OC)nc(Oc2ccccc2C(=O)NN(C)C)n1. The second-order valence-electron chi connectivity index (χ2n) is 4.67. The molecule has 8 nitrogen and oxygen atoms in total. The Morgan fingerprint density at radius 3 is 2.26 bits per heavy atom. The molecular formula is C15H18N4O4. The van der Waals surface area contributed by atoms with Crippen LogP contribution in [0.15, 0.2) is 30.3 Å². The van der Waals surface area contributed by atoms with Gasteiger partial charge in [-0.15, -0.1) is 0 Å². The number of hydrogen-bond acceptors (Lipinski definition) is 7. The number of rotatable bonds is 6. The van der Waals surface area contributed by atoms with Crippen molar-refractivity contribution in [3.63, 3.8) is 0 Å². The summed E-state index contributed by atoms with van der Waals surface area (Å²) in [6, 6.07) is 8.33. The van der Waals surface area contributed by atoms with Crippen molar-refractivity contribution in [3.8, 4) is 23.5 Å². The van der Waals surface area contributed by atoms with Crippen molar-refractivity contribution < 1.29 is 19.0 Å². The number of nitrogens with zero attached hydrogens (tertiary/aromatic N) is 3. The summed E-state index contributed by atoms with van der Waals surface area (Å²) in [5.74, 6) is 0.603. The first-order valence-corrected chi connectivity index (χ1v) is 6.75. The lowest BCUT2D eigenvalue weighted by atomic mass is 10.2. The molecule has 0 fully saturated rings. The number of amides is 1.